The molecular weight excluding hydrogens is 356 g/mol. The lowest BCUT2D eigenvalue weighted by Crippen LogP contribution is -2.36. The minimum Gasteiger partial charge on any atom is -0.487 e. The lowest BCUT2D eigenvalue weighted by Gasteiger charge is -2.37. The topological polar surface area (TPSA) is 89.9 Å². The van der Waals surface area contributed by atoms with Crippen LogP contribution in [0.4, 0.5) is 0 Å². The molecule has 3 rings (SSSR count). The molecule has 2 aromatic carbocycles. The smallest absolute Gasteiger partial charge is 0.335 e. The maximum absolute atomic E-state index is 12.7. The van der Waals surface area contributed by atoms with Gasteiger partial charge in [-0.1, -0.05) is 17.7 Å². The molecule has 0 saturated heterocycles. The molecule has 1 aliphatic rings. The first-order valence-corrected chi connectivity index (χ1v) is 9.54. The van der Waals surface area contributed by atoms with Crippen LogP contribution >= 0.6 is 0 Å². The molecular formula is C19H20O6S. The largest absolute Gasteiger partial charge is 0.487 e. The molecule has 0 aromatic heterocycles. The number of ether oxygens (including phenoxy) is 1. The van der Waals surface area contributed by atoms with Gasteiger partial charge in [0.2, 0.25) is 0 Å². The molecule has 1 atom stereocenters. The Bertz CT molecular complexity index is 944. The maximum atomic E-state index is 12.7. The van der Waals surface area contributed by atoms with E-state index in [1.165, 1.54) is 30.3 Å². The van der Waals surface area contributed by atoms with Crippen LogP contribution in [0.2, 0.25) is 0 Å². The van der Waals surface area contributed by atoms with E-state index in [-0.39, 0.29) is 16.9 Å². The van der Waals surface area contributed by atoms with Crippen molar-refractivity contribution >= 4 is 16.1 Å². The van der Waals surface area contributed by atoms with E-state index in [1.807, 2.05) is 20.8 Å². The molecule has 1 heterocycles. The van der Waals surface area contributed by atoms with E-state index in [9.17, 15) is 18.3 Å². The molecule has 1 unspecified atom stereocenters. The van der Waals surface area contributed by atoms with Gasteiger partial charge >= 0.3 is 5.97 Å². The summed E-state index contributed by atoms with van der Waals surface area (Å²) in [5, 5.41) is 9.21. The summed E-state index contributed by atoms with van der Waals surface area (Å²) in [5.74, 6) is -0.673. The third-order valence-electron chi connectivity index (χ3n) is 4.22. The van der Waals surface area contributed by atoms with Gasteiger partial charge < -0.3 is 9.84 Å². The molecule has 0 saturated carbocycles. The van der Waals surface area contributed by atoms with Gasteiger partial charge in [-0.25, -0.2) is 4.79 Å². The highest BCUT2D eigenvalue weighted by molar-refractivity contribution is 7.86. The number of benzene rings is 2. The summed E-state index contributed by atoms with van der Waals surface area (Å²) in [6, 6.07) is 10.7. The van der Waals surface area contributed by atoms with Crippen molar-refractivity contribution in [2.24, 2.45) is 0 Å². The number of carbonyl (C=O) groups is 1. The van der Waals surface area contributed by atoms with Gasteiger partial charge in [0, 0.05) is 12.0 Å². The van der Waals surface area contributed by atoms with Crippen molar-refractivity contribution in [3.63, 3.8) is 0 Å². The van der Waals surface area contributed by atoms with Gasteiger partial charge in [-0.05, 0) is 51.1 Å². The third kappa shape index (κ3) is 3.73. The number of carboxylic acids is 1. The van der Waals surface area contributed by atoms with E-state index in [4.69, 9.17) is 8.92 Å². The molecule has 2 aromatic rings. The Morgan fingerprint density at radius 1 is 1.19 bits per heavy atom. The minimum absolute atomic E-state index is 0.0494. The van der Waals surface area contributed by atoms with Crippen LogP contribution in [0.1, 0.15) is 47.9 Å². The summed E-state index contributed by atoms with van der Waals surface area (Å²) in [7, 11) is -4.01. The second-order valence-corrected chi connectivity index (χ2v) is 8.55. The molecule has 0 fully saturated rings. The molecule has 0 spiro atoms. The van der Waals surface area contributed by atoms with Gasteiger partial charge in [0.05, 0.1) is 10.5 Å². The quantitative estimate of drug-likeness (QED) is 0.819. The Kier molecular flexibility index (Phi) is 4.54. The second kappa shape index (κ2) is 6.41. The Morgan fingerprint density at radius 2 is 1.85 bits per heavy atom. The minimum atomic E-state index is -4.01. The molecule has 0 radical (unpaired) electrons. The number of aryl methyl sites for hydroxylation is 1. The molecule has 26 heavy (non-hydrogen) atoms. The maximum Gasteiger partial charge on any atom is 0.335 e. The van der Waals surface area contributed by atoms with Crippen LogP contribution in [-0.4, -0.2) is 25.1 Å². The first-order chi connectivity index (χ1) is 12.1. The van der Waals surface area contributed by atoms with Gasteiger partial charge in [-0.2, -0.15) is 8.42 Å². The highest BCUT2D eigenvalue weighted by atomic mass is 32.2. The van der Waals surface area contributed by atoms with Crippen LogP contribution in [0.3, 0.4) is 0 Å². The number of carboxylic acid groups (broad SMARTS) is 1. The number of aromatic carboxylic acids is 1. The predicted octanol–water partition coefficient (Wildman–Crippen LogP) is 3.70. The van der Waals surface area contributed by atoms with E-state index in [1.54, 1.807) is 12.1 Å². The number of rotatable bonds is 4. The fraction of sp³-hybridized carbons (Fsp3) is 0.316. The van der Waals surface area contributed by atoms with Gasteiger partial charge in [0.15, 0.2) is 0 Å². The first kappa shape index (κ1) is 18.4. The van der Waals surface area contributed by atoms with Crippen LogP contribution in [-0.2, 0) is 14.3 Å². The fourth-order valence-electron chi connectivity index (χ4n) is 2.92. The van der Waals surface area contributed by atoms with E-state index in [0.717, 1.165) is 5.56 Å². The summed E-state index contributed by atoms with van der Waals surface area (Å²) in [6.07, 6.45) is -0.562. The standard InChI is InChI=1S/C19H20O6S/c1-12-4-7-14(8-5-12)26(22,23)25-17-11-19(2,3)24-16-9-6-13(18(20)21)10-15(16)17/h4-10,17H,11H2,1-3H3,(H,20,21). The molecule has 0 bridgehead atoms. The van der Waals surface area contributed by atoms with Gasteiger partial charge in [-0.15, -0.1) is 0 Å². The molecule has 7 heteroatoms. The van der Waals surface area contributed by atoms with Gasteiger partial charge in [0.25, 0.3) is 10.1 Å². The van der Waals surface area contributed by atoms with Crippen LogP contribution < -0.4 is 4.74 Å². The van der Waals surface area contributed by atoms with Crippen LogP contribution in [0.25, 0.3) is 0 Å². The molecule has 0 amide bonds. The molecule has 0 aliphatic carbocycles. The van der Waals surface area contributed by atoms with Crippen molar-refractivity contribution in [3.05, 3.63) is 59.2 Å². The summed E-state index contributed by atoms with van der Waals surface area (Å²) in [5.41, 5.74) is 0.756. The first-order valence-electron chi connectivity index (χ1n) is 8.14. The third-order valence-corrected chi connectivity index (χ3v) is 5.55. The van der Waals surface area contributed by atoms with E-state index in [0.29, 0.717) is 11.3 Å². The number of hydrogen-bond donors (Lipinski definition) is 1. The average Bonchev–Trinajstić information content (AvgIpc) is 2.53. The van der Waals surface area contributed by atoms with Crippen molar-refractivity contribution in [1.82, 2.24) is 0 Å². The fourth-order valence-corrected chi connectivity index (χ4v) is 3.98. The lowest BCUT2D eigenvalue weighted by molar-refractivity contribution is 0.0245. The highest BCUT2D eigenvalue weighted by Gasteiger charge is 2.37. The molecule has 1 N–H and O–H groups in total. The predicted molar refractivity (Wildman–Crippen MR) is 94.9 cm³/mol. The van der Waals surface area contributed by atoms with E-state index >= 15 is 0 Å². The van der Waals surface area contributed by atoms with Crippen molar-refractivity contribution < 1.29 is 27.2 Å². The second-order valence-electron chi connectivity index (χ2n) is 6.98. The zero-order valence-corrected chi connectivity index (χ0v) is 15.5. The van der Waals surface area contributed by atoms with Crippen molar-refractivity contribution in [3.8, 4) is 5.75 Å². The zero-order chi connectivity index (χ0) is 19.1. The van der Waals surface area contributed by atoms with Gasteiger partial charge in [-0.3, -0.25) is 4.18 Å². The average molecular weight is 376 g/mol. The lowest BCUT2D eigenvalue weighted by atomic mass is 9.91. The van der Waals surface area contributed by atoms with Crippen LogP contribution in [0.15, 0.2) is 47.4 Å². The van der Waals surface area contributed by atoms with E-state index < -0.39 is 27.8 Å². The van der Waals surface area contributed by atoms with E-state index in [2.05, 4.69) is 0 Å². The summed E-state index contributed by atoms with van der Waals surface area (Å²) in [6.45, 7) is 5.52. The van der Waals surface area contributed by atoms with Gasteiger partial charge in [0.1, 0.15) is 17.5 Å². The Morgan fingerprint density at radius 3 is 2.46 bits per heavy atom. The Hall–Kier alpha value is -2.38. The highest BCUT2D eigenvalue weighted by Crippen LogP contribution is 2.43. The normalized spacial score (nSPS) is 18.7. The summed E-state index contributed by atoms with van der Waals surface area (Å²) < 4.78 is 36.7. The van der Waals surface area contributed by atoms with Crippen molar-refractivity contribution in [2.45, 2.75) is 43.8 Å². The van der Waals surface area contributed by atoms with Crippen LogP contribution in [0, 0.1) is 6.92 Å². The Labute approximate surface area is 152 Å². The van der Waals surface area contributed by atoms with Crippen molar-refractivity contribution in [1.29, 1.82) is 0 Å². The van der Waals surface area contributed by atoms with Crippen molar-refractivity contribution in [2.75, 3.05) is 0 Å². The molecule has 6 nitrogen and oxygen atoms in total. The monoisotopic (exact) mass is 376 g/mol. The number of fused-ring (bicyclic) bond motifs is 1. The summed E-state index contributed by atoms with van der Waals surface area (Å²) >= 11 is 0. The zero-order valence-electron chi connectivity index (χ0n) is 14.7. The Balaban J connectivity index is 2.00. The SMILES string of the molecule is Cc1ccc(S(=O)(=O)OC2CC(C)(C)Oc3ccc(C(=O)O)cc32)cc1. The summed E-state index contributed by atoms with van der Waals surface area (Å²) in [4.78, 5) is 11.3. The number of hydrogen-bond acceptors (Lipinski definition) is 5. The molecule has 1 aliphatic heterocycles. The van der Waals surface area contributed by atoms with Crippen LogP contribution in [0.5, 0.6) is 5.75 Å². The molecule has 138 valence electrons.